The van der Waals surface area contributed by atoms with Gasteiger partial charge in [0.2, 0.25) is 0 Å². The van der Waals surface area contributed by atoms with E-state index in [1.165, 1.54) is 161 Å². The van der Waals surface area contributed by atoms with Gasteiger partial charge in [0.05, 0.1) is 19.8 Å². The highest BCUT2D eigenvalue weighted by atomic mass is 16.7. The number of hydrogen-bond donors (Lipinski definition) is 4. The Morgan fingerprint density at radius 1 is 0.485 bits per heavy atom. The topological polar surface area (TPSA) is 135 Å². The third-order valence-corrected chi connectivity index (χ3v) is 12.9. The molecule has 1 aliphatic heterocycles. The van der Waals surface area contributed by atoms with Gasteiger partial charge in [0.25, 0.3) is 0 Å². The molecule has 0 amide bonds. The van der Waals surface area contributed by atoms with Crippen LogP contribution in [0.2, 0.25) is 0 Å². The van der Waals surface area contributed by atoms with Crippen LogP contribution in [0.4, 0.5) is 0 Å². The zero-order chi connectivity index (χ0) is 49.2. The van der Waals surface area contributed by atoms with Crippen LogP contribution >= 0.6 is 0 Å². The van der Waals surface area contributed by atoms with Crippen molar-refractivity contribution in [3.05, 3.63) is 60.8 Å². The Morgan fingerprint density at radius 2 is 0.897 bits per heavy atom. The van der Waals surface area contributed by atoms with E-state index in [1.807, 2.05) is 0 Å². The lowest BCUT2D eigenvalue weighted by atomic mass is 9.99. The molecule has 4 N–H and O–H groups in total. The fourth-order valence-corrected chi connectivity index (χ4v) is 8.54. The number of allylic oxidation sites excluding steroid dienone is 10. The molecule has 9 heteroatoms. The number of aliphatic hydroxyl groups is 4. The Balaban J connectivity index is 2.17. The molecule has 0 spiro atoms. The van der Waals surface area contributed by atoms with E-state index in [4.69, 9.17) is 18.9 Å². The second-order valence-corrected chi connectivity index (χ2v) is 19.4. The minimum Gasteiger partial charge on any atom is -0.457 e. The van der Waals surface area contributed by atoms with Gasteiger partial charge in [-0.1, -0.05) is 222 Å². The standard InChI is InChI=1S/C59H106O9/c1-3-5-7-9-11-13-15-17-19-21-23-25-27-28-30-32-34-36-38-40-42-44-46-48-55(61)67-53(52-66-59-58(64)57(63)56(62)54(50-60)68-59)51-65-49-47-45-43-41-39-37-35-33-31-29-26-24-22-20-18-16-14-12-10-8-6-4-2/h6,8,12,14,18,20-21,23-24,26,53-54,56-60,62-64H,3-5,7,9-11,13,15-17,19,22,25,27-52H2,1-2H3/b8-6-,14-12-,20-18-,23-21-,26-24-. The van der Waals surface area contributed by atoms with Crippen LogP contribution in [0.3, 0.4) is 0 Å². The number of ether oxygens (including phenoxy) is 4. The van der Waals surface area contributed by atoms with Crippen LogP contribution in [0, 0.1) is 0 Å². The van der Waals surface area contributed by atoms with Crippen molar-refractivity contribution in [3.8, 4) is 0 Å². The minimum atomic E-state index is -1.54. The molecule has 1 saturated heterocycles. The smallest absolute Gasteiger partial charge is 0.306 e. The molecular weight excluding hydrogens is 853 g/mol. The fraction of sp³-hybridized carbons (Fsp3) is 0.814. The summed E-state index contributed by atoms with van der Waals surface area (Å²) in [7, 11) is 0. The van der Waals surface area contributed by atoms with Crippen LogP contribution in [0.15, 0.2) is 60.8 Å². The highest BCUT2D eigenvalue weighted by molar-refractivity contribution is 5.69. The molecule has 9 nitrogen and oxygen atoms in total. The summed E-state index contributed by atoms with van der Waals surface area (Å²) in [6.45, 7) is 4.46. The van der Waals surface area contributed by atoms with Gasteiger partial charge in [-0.05, 0) is 77.0 Å². The van der Waals surface area contributed by atoms with Crippen molar-refractivity contribution in [2.24, 2.45) is 0 Å². The zero-order valence-corrected chi connectivity index (χ0v) is 43.9. The summed E-state index contributed by atoms with van der Waals surface area (Å²) in [6, 6.07) is 0. The molecule has 1 heterocycles. The number of carbonyl (C=O) groups is 1. The normalized spacial score (nSPS) is 19.5. The predicted octanol–water partition coefficient (Wildman–Crippen LogP) is 14.6. The third kappa shape index (κ3) is 39.6. The number of aliphatic hydroxyl groups excluding tert-OH is 4. The van der Waals surface area contributed by atoms with Crippen molar-refractivity contribution in [1.29, 1.82) is 0 Å². The van der Waals surface area contributed by atoms with E-state index in [-0.39, 0.29) is 19.2 Å². The number of rotatable bonds is 49. The summed E-state index contributed by atoms with van der Waals surface area (Å²) in [4.78, 5) is 12.9. The highest BCUT2D eigenvalue weighted by Gasteiger charge is 2.44. The van der Waals surface area contributed by atoms with Gasteiger partial charge in [-0.25, -0.2) is 0 Å². The molecule has 1 rings (SSSR count). The van der Waals surface area contributed by atoms with Crippen LogP contribution in [-0.4, -0.2) is 89.6 Å². The molecular formula is C59H106O9. The zero-order valence-electron chi connectivity index (χ0n) is 43.9. The maximum absolute atomic E-state index is 12.9. The SMILES string of the molecule is CC/C=C\C/C=C\C/C=C\C/C=C\CCCCCCCCCCCOCC(COC1OC(CO)C(O)C(O)C1O)OC(=O)CCCCCCCCCCCCC/C=C\CCCCCCCCCC. The van der Waals surface area contributed by atoms with Crippen LogP contribution in [0.1, 0.15) is 245 Å². The lowest BCUT2D eigenvalue weighted by Crippen LogP contribution is -2.59. The van der Waals surface area contributed by atoms with Crippen LogP contribution < -0.4 is 0 Å². The van der Waals surface area contributed by atoms with Crippen molar-refractivity contribution in [3.63, 3.8) is 0 Å². The maximum atomic E-state index is 12.9. The molecule has 0 aromatic rings. The van der Waals surface area contributed by atoms with E-state index in [2.05, 4.69) is 74.6 Å². The summed E-state index contributed by atoms with van der Waals surface area (Å²) in [6.07, 6.45) is 58.3. The van der Waals surface area contributed by atoms with E-state index in [0.29, 0.717) is 13.0 Å². The van der Waals surface area contributed by atoms with E-state index in [9.17, 15) is 25.2 Å². The lowest BCUT2D eigenvalue weighted by molar-refractivity contribution is -0.305. The number of esters is 1. The number of carbonyl (C=O) groups excluding carboxylic acids is 1. The van der Waals surface area contributed by atoms with Gasteiger partial charge in [0.15, 0.2) is 6.29 Å². The molecule has 396 valence electrons. The molecule has 68 heavy (non-hydrogen) atoms. The molecule has 6 unspecified atom stereocenters. The summed E-state index contributed by atoms with van der Waals surface area (Å²) in [5.74, 6) is -0.315. The van der Waals surface area contributed by atoms with Crippen LogP contribution in [0.5, 0.6) is 0 Å². The van der Waals surface area contributed by atoms with Gasteiger partial charge in [0.1, 0.15) is 30.5 Å². The first-order valence-electron chi connectivity index (χ1n) is 28.4. The summed E-state index contributed by atoms with van der Waals surface area (Å²) >= 11 is 0. The van der Waals surface area contributed by atoms with Crippen LogP contribution in [0.25, 0.3) is 0 Å². The van der Waals surface area contributed by atoms with Crippen molar-refractivity contribution in [1.82, 2.24) is 0 Å². The Kier molecular flexibility index (Phi) is 46.9. The summed E-state index contributed by atoms with van der Waals surface area (Å²) in [5, 5.41) is 40.3. The van der Waals surface area contributed by atoms with Crippen molar-refractivity contribution < 1.29 is 44.2 Å². The van der Waals surface area contributed by atoms with E-state index >= 15 is 0 Å². The summed E-state index contributed by atoms with van der Waals surface area (Å²) in [5.41, 5.74) is 0. The van der Waals surface area contributed by atoms with Gasteiger partial charge in [-0.15, -0.1) is 0 Å². The molecule has 0 bridgehead atoms. The molecule has 6 atom stereocenters. The first kappa shape index (κ1) is 63.9. The van der Waals surface area contributed by atoms with Crippen molar-refractivity contribution in [2.45, 2.75) is 282 Å². The van der Waals surface area contributed by atoms with Crippen molar-refractivity contribution >= 4 is 5.97 Å². The van der Waals surface area contributed by atoms with Crippen LogP contribution in [-0.2, 0) is 23.7 Å². The fourth-order valence-electron chi connectivity index (χ4n) is 8.54. The summed E-state index contributed by atoms with van der Waals surface area (Å²) < 4.78 is 23.0. The first-order valence-corrected chi connectivity index (χ1v) is 28.4. The van der Waals surface area contributed by atoms with Crippen molar-refractivity contribution in [2.75, 3.05) is 26.4 Å². The molecule has 0 aliphatic carbocycles. The molecule has 1 aliphatic rings. The Labute approximate surface area is 417 Å². The second-order valence-electron chi connectivity index (χ2n) is 19.4. The third-order valence-electron chi connectivity index (χ3n) is 12.9. The highest BCUT2D eigenvalue weighted by Crippen LogP contribution is 2.23. The van der Waals surface area contributed by atoms with Gasteiger partial charge in [-0.3, -0.25) is 4.79 Å². The monoisotopic (exact) mass is 959 g/mol. The van der Waals surface area contributed by atoms with Gasteiger partial charge >= 0.3 is 5.97 Å². The van der Waals surface area contributed by atoms with E-state index < -0.39 is 43.4 Å². The molecule has 1 fully saturated rings. The average Bonchev–Trinajstić information content (AvgIpc) is 3.34. The Bertz CT molecular complexity index is 1230. The van der Waals surface area contributed by atoms with Gasteiger partial charge < -0.3 is 39.4 Å². The average molecular weight is 959 g/mol. The lowest BCUT2D eigenvalue weighted by Gasteiger charge is -2.39. The van der Waals surface area contributed by atoms with Gasteiger partial charge in [-0.2, -0.15) is 0 Å². The second kappa shape index (κ2) is 49.9. The molecule has 0 radical (unpaired) electrons. The molecule has 0 aromatic heterocycles. The largest absolute Gasteiger partial charge is 0.457 e. The molecule has 0 aromatic carbocycles. The van der Waals surface area contributed by atoms with Gasteiger partial charge in [0, 0.05) is 13.0 Å². The maximum Gasteiger partial charge on any atom is 0.306 e. The van der Waals surface area contributed by atoms with E-state index in [0.717, 1.165) is 64.2 Å². The number of unbranched alkanes of at least 4 members (excludes halogenated alkanes) is 28. The number of hydrogen-bond acceptors (Lipinski definition) is 9. The Hall–Kier alpha value is -2.11. The quantitative estimate of drug-likeness (QED) is 0.0267. The van der Waals surface area contributed by atoms with E-state index in [1.54, 1.807) is 0 Å². The Morgan fingerprint density at radius 3 is 1.37 bits per heavy atom. The predicted molar refractivity (Wildman–Crippen MR) is 284 cm³/mol. The minimum absolute atomic E-state index is 0.117. The molecule has 0 saturated carbocycles. The first-order chi connectivity index (χ1) is 33.4.